The van der Waals surface area contributed by atoms with E-state index < -0.39 is 6.10 Å². The quantitative estimate of drug-likeness (QED) is 0.942. The van der Waals surface area contributed by atoms with E-state index in [0.717, 1.165) is 0 Å². The van der Waals surface area contributed by atoms with E-state index in [1.165, 1.54) is 6.20 Å². The van der Waals surface area contributed by atoms with Crippen molar-refractivity contribution in [2.75, 3.05) is 5.32 Å². The number of para-hydroxylation sites is 1. The molecule has 0 spiro atoms. The van der Waals surface area contributed by atoms with Gasteiger partial charge in [0.1, 0.15) is 17.6 Å². The van der Waals surface area contributed by atoms with Crippen molar-refractivity contribution in [1.29, 1.82) is 5.26 Å². The molecule has 5 nitrogen and oxygen atoms in total. The van der Waals surface area contributed by atoms with Crippen LogP contribution in [0, 0.1) is 11.3 Å². The molecule has 1 amide bonds. The SMILES string of the molecule is CC(Oc1ccccc1C#N)C(=O)Nc1ccc(Cl)cn1. The molecule has 0 aliphatic heterocycles. The summed E-state index contributed by atoms with van der Waals surface area (Å²) in [6.07, 6.45) is 0.671. The number of aromatic nitrogens is 1. The minimum Gasteiger partial charge on any atom is -0.480 e. The maximum atomic E-state index is 12.0. The van der Waals surface area contributed by atoms with E-state index in [2.05, 4.69) is 10.3 Å². The summed E-state index contributed by atoms with van der Waals surface area (Å²) in [5.41, 5.74) is 0.377. The van der Waals surface area contributed by atoms with Crippen LogP contribution in [-0.4, -0.2) is 17.0 Å². The van der Waals surface area contributed by atoms with Crippen LogP contribution >= 0.6 is 11.6 Å². The second-order valence-electron chi connectivity index (χ2n) is 4.22. The zero-order valence-electron chi connectivity index (χ0n) is 11.2. The molecule has 0 saturated carbocycles. The van der Waals surface area contributed by atoms with E-state index in [4.69, 9.17) is 21.6 Å². The Kier molecular flexibility index (Phi) is 4.75. The zero-order chi connectivity index (χ0) is 15.2. The molecule has 0 fully saturated rings. The van der Waals surface area contributed by atoms with Gasteiger partial charge in [-0.2, -0.15) is 5.26 Å². The molecule has 1 atom stereocenters. The van der Waals surface area contributed by atoms with Crippen LogP contribution in [0.3, 0.4) is 0 Å². The van der Waals surface area contributed by atoms with E-state index in [1.807, 2.05) is 6.07 Å². The Morgan fingerprint density at radius 2 is 2.14 bits per heavy atom. The van der Waals surface area contributed by atoms with Gasteiger partial charge in [0.15, 0.2) is 6.10 Å². The van der Waals surface area contributed by atoms with Crippen molar-refractivity contribution in [2.24, 2.45) is 0 Å². The number of hydrogen-bond acceptors (Lipinski definition) is 4. The van der Waals surface area contributed by atoms with Crippen molar-refractivity contribution < 1.29 is 9.53 Å². The molecule has 2 rings (SSSR count). The first-order valence-corrected chi connectivity index (χ1v) is 6.56. The molecule has 2 aromatic rings. The number of hydrogen-bond donors (Lipinski definition) is 1. The molecule has 106 valence electrons. The number of carbonyl (C=O) groups is 1. The molecule has 1 heterocycles. The average molecular weight is 302 g/mol. The lowest BCUT2D eigenvalue weighted by Gasteiger charge is -2.15. The van der Waals surface area contributed by atoms with Crippen molar-refractivity contribution in [1.82, 2.24) is 4.98 Å². The number of ether oxygens (including phenoxy) is 1. The van der Waals surface area contributed by atoms with Crippen molar-refractivity contribution in [3.05, 3.63) is 53.2 Å². The first kappa shape index (κ1) is 14.8. The largest absolute Gasteiger partial charge is 0.480 e. The summed E-state index contributed by atoms with van der Waals surface area (Å²) in [7, 11) is 0. The number of rotatable bonds is 4. The summed E-state index contributed by atoms with van der Waals surface area (Å²) in [6.45, 7) is 1.60. The molecule has 1 unspecified atom stereocenters. The Morgan fingerprint density at radius 1 is 1.38 bits per heavy atom. The Labute approximate surface area is 127 Å². The van der Waals surface area contributed by atoms with Crippen LogP contribution in [0.15, 0.2) is 42.6 Å². The highest BCUT2D eigenvalue weighted by atomic mass is 35.5. The van der Waals surface area contributed by atoms with Crippen LogP contribution in [0.25, 0.3) is 0 Å². The van der Waals surface area contributed by atoms with Gasteiger partial charge in [-0.25, -0.2) is 4.98 Å². The Hall–Kier alpha value is -2.58. The molecule has 1 N–H and O–H groups in total. The molecular formula is C15H12ClN3O2. The van der Waals surface area contributed by atoms with E-state index in [9.17, 15) is 4.79 Å². The summed E-state index contributed by atoms with van der Waals surface area (Å²) < 4.78 is 5.51. The number of halogens is 1. The molecule has 0 aliphatic carbocycles. The maximum Gasteiger partial charge on any atom is 0.266 e. The van der Waals surface area contributed by atoms with Gasteiger partial charge in [-0.3, -0.25) is 4.79 Å². The van der Waals surface area contributed by atoms with Crippen molar-refractivity contribution in [2.45, 2.75) is 13.0 Å². The van der Waals surface area contributed by atoms with Gasteiger partial charge in [-0.1, -0.05) is 23.7 Å². The standard InChI is InChI=1S/C15H12ClN3O2/c1-10(21-13-5-3-2-4-11(13)8-17)15(20)19-14-7-6-12(16)9-18-14/h2-7,9-10H,1H3,(H,18,19,20). The summed E-state index contributed by atoms with van der Waals surface area (Å²) in [5, 5.41) is 12.1. The van der Waals surface area contributed by atoms with Crippen LogP contribution in [0.2, 0.25) is 5.02 Å². The summed E-state index contributed by atoms with van der Waals surface area (Å²) in [5.74, 6) is 0.387. The molecule has 0 saturated heterocycles. The van der Waals surface area contributed by atoms with Gasteiger partial charge in [0.05, 0.1) is 10.6 Å². The molecule has 0 radical (unpaired) electrons. The third-order valence-electron chi connectivity index (χ3n) is 2.66. The van der Waals surface area contributed by atoms with Gasteiger partial charge in [0.2, 0.25) is 0 Å². The summed E-state index contributed by atoms with van der Waals surface area (Å²) >= 11 is 5.72. The van der Waals surface area contributed by atoms with Gasteiger partial charge in [0, 0.05) is 6.20 Å². The number of nitriles is 1. The molecule has 6 heteroatoms. The van der Waals surface area contributed by atoms with Crippen LogP contribution in [0.5, 0.6) is 5.75 Å². The monoisotopic (exact) mass is 301 g/mol. The fourth-order valence-electron chi connectivity index (χ4n) is 1.58. The topological polar surface area (TPSA) is 75.0 Å². The lowest BCUT2D eigenvalue weighted by Crippen LogP contribution is -2.30. The molecule has 0 aliphatic rings. The van der Waals surface area contributed by atoms with Crippen molar-refractivity contribution in [3.8, 4) is 11.8 Å². The first-order chi connectivity index (χ1) is 10.1. The van der Waals surface area contributed by atoms with Gasteiger partial charge in [0.25, 0.3) is 5.91 Å². The van der Waals surface area contributed by atoms with Gasteiger partial charge in [-0.05, 0) is 31.2 Å². The molecule has 0 bridgehead atoms. The Morgan fingerprint density at radius 3 is 2.81 bits per heavy atom. The fourth-order valence-corrected chi connectivity index (χ4v) is 1.70. The third-order valence-corrected chi connectivity index (χ3v) is 2.88. The maximum absolute atomic E-state index is 12.0. The molecular weight excluding hydrogens is 290 g/mol. The van der Waals surface area contributed by atoms with Crippen molar-refractivity contribution in [3.63, 3.8) is 0 Å². The van der Waals surface area contributed by atoms with Gasteiger partial charge < -0.3 is 10.1 Å². The number of pyridine rings is 1. The number of amides is 1. The highest BCUT2D eigenvalue weighted by Gasteiger charge is 2.16. The Balaban J connectivity index is 2.03. The first-order valence-electron chi connectivity index (χ1n) is 6.18. The van der Waals surface area contributed by atoms with Crippen LogP contribution in [-0.2, 0) is 4.79 Å². The smallest absolute Gasteiger partial charge is 0.266 e. The minimum atomic E-state index is -0.767. The average Bonchev–Trinajstić information content (AvgIpc) is 2.50. The molecule has 1 aromatic heterocycles. The zero-order valence-corrected chi connectivity index (χ0v) is 12.0. The second-order valence-corrected chi connectivity index (χ2v) is 4.66. The lowest BCUT2D eigenvalue weighted by molar-refractivity contribution is -0.122. The number of nitrogens with zero attached hydrogens (tertiary/aromatic N) is 2. The van der Waals surface area contributed by atoms with Crippen LogP contribution in [0.4, 0.5) is 5.82 Å². The number of carbonyl (C=O) groups excluding carboxylic acids is 1. The minimum absolute atomic E-state index is 0.363. The van der Waals surface area contributed by atoms with Gasteiger partial charge >= 0.3 is 0 Å². The Bertz CT molecular complexity index is 680. The van der Waals surface area contributed by atoms with Crippen molar-refractivity contribution >= 4 is 23.3 Å². The summed E-state index contributed by atoms with van der Waals surface area (Å²) in [4.78, 5) is 16.0. The predicted molar refractivity (Wildman–Crippen MR) is 79.1 cm³/mol. The lowest BCUT2D eigenvalue weighted by atomic mass is 10.2. The normalized spacial score (nSPS) is 11.3. The van der Waals surface area contributed by atoms with E-state index in [-0.39, 0.29) is 5.91 Å². The summed E-state index contributed by atoms with van der Waals surface area (Å²) in [6, 6.07) is 12.0. The highest BCUT2D eigenvalue weighted by Crippen LogP contribution is 2.18. The number of anilines is 1. The van der Waals surface area contributed by atoms with E-state index >= 15 is 0 Å². The van der Waals surface area contributed by atoms with Crippen LogP contribution in [0.1, 0.15) is 12.5 Å². The second kappa shape index (κ2) is 6.73. The predicted octanol–water partition coefficient (Wildman–Crippen LogP) is 3.01. The molecule has 21 heavy (non-hydrogen) atoms. The number of nitrogens with one attached hydrogen (secondary N) is 1. The van der Waals surface area contributed by atoms with E-state index in [1.54, 1.807) is 43.3 Å². The fraction of sp³-hybridized carbons (Fsp3) is 0.133. The third kappa shape index (κ3) is 3.94. The molecule has 1 aromatic carbocycles. The number of benzene rings is 1. The van der Waals surface area contributed by atoms with Crippen LogP contribution < -0.4 is 10.1 Å². The highest BCUT2D eigenvalue weighted by molar-refractivity contribution is 6.30. The van der Waals surface area contributed by atoms with E-state index in [0.29, 0.717) is 22.2 Å². The van der Waals surface area contributed by atoms with Gasteiger partial charge in [-0.15, -0.1) is 0 Å².